The highest BCUT2D eigenvalue weighted by atomic mass is 19.4. The molecule has 4 nitrogen and oxygen atoms in total. The van der Waals surface area contributed by atoms with Crippen LogP contribution in [0.3, 0.4) is 0 Å². The maximum Gasteiger partial charge on any atom is 0.416 e. The van der Waals surface area contributed by atoms with Crippen LogP contribution in [0.5, 0.6) is 5.75 Å². The topological polar surface area (TPSA) is 50.7 Å². The fourth-order valence-corrected chi connectivity index (χ4v) is 3.26. The lowest BCUT2D eigenvalue weighted by Gasteiger charge is -2.22. The van der Waals surface area contributed by atoms with Gasteiger partial charge in [-0.3, -0.25) is 9.79 Å². The van der Waals surface area contributed by atoms with Crippen LogP contribution in [-0.4, -0.2) is 24.1 Å². The second-order valence-corrected chi connectivity index (χ2v) is 8.86. The van der Waals surface area contributed by atoms with Crippen molar-refractivity contribution in [1.82, 2.24) is 5.32 Å². The largest absolute Gasteiger partial charge is 0.480 e. The van der Waals surface area contributed by atoms with Gasteiger partial charge in [0.2, 0.25) is 0 Å². The van der Waals surface area contributed by atoms with E-state index in [9.17, 15) is 18.0 Å². The van der Waals surface area contributed by atoms with Gasteiger partial charge in [0.15, 0.2) is 11.9 Å². The number of aryl methyl sites for hydroxylation is 1. The van der Waals surface area contributed by atoms with Gasteiger partial charge in [-0.25, -0.2) is 0 Å². The summed E-state index contributed by atoms with van der Waals surface area (Å²) in [4.78, 5) is 15.7. The fraction of sp³-hybridized carbons (Fsp3) is 0.379. The molecular formula is C29H35F3N2O2. The Morgan fingerprint density at radius 2 is 1.67 bits per heavy atom. The molecule has 0 aliphatic carbocycles. The summed E-state index contributed by atoms with van der Waals surface area (Å²) >= 11 is 0. The Morgan fingerprint density at radius 3 is 2.19 bits per heavy atom. The van der Waals surface area contributed by atoms with Crippen LogP contribution in [0.4, 0.5) is 13.2 Å². The first kappa shape index (κ1) is 30.7. The lowest BCUT2D eigenvalue weighted by Crippen LogP contribution is -2.30. The zero-order valence-corrected chi connectivity index (χ0v) is 21.8. The molecule has 0 radical (unpaired) electrons. The molecule has 36 heavy (non-hydrogen) atoms. The third kappa shape index (κ3) is 9.35. The van der Waals surface area contributed by atoms with E-state index in [0.29, 0.717) is 30.1 Å². The van der Waals surface area contributed by atoms with Crippen molar-refractivity contribution in [3.63, 3.8) is 0 Å². The molecule has 194 valence electrons. The molecule has 7 heteroatoms. The molecule has 0 saturated carbocycles. The highest BCUT2D eigenvalue weighted by Crippen LogP contribution is 2.29. The molecule has 0 heterocycles. The maximum atomic E-state index is 12.8. The molecule has 2 aromatic rings. The lowest BCUT2D eigenvalue weighted by atomic mass is 10.1. The van der Waals surface area contributed by atoms with E-state index >= 15 is 0 Å². The maximum absolute atomic E-state index is 12.8. The van der Waals surface area contributed by atoms with Gasteiger partial charge in [0.25, 0.3) is 0 Å². The van der Waals surface area contributed by atoms with Crippen LogP contribution >= 0.6 is 0 Å². The minimum Gasteiger partial charge on any atom is -0.480 e. The van der Waals surface area contributed by atoms with E-state index in [1.165, 1.54) is 12.1 Å². The zero-order chi connectivity index (χ0) is 27.5. The first-order valence-electron chi connectivity index (χ1n) is 11.6. The molecule has 0 aromatic heterocycles. The molecule has 0 aliphatic heterocycles. The van der Waals surface area contributed by atoms with Crippen molar-refractivity contribution in [3.8, 4) is 18.6 Å². The number of ether oxygens (including phenoxy) is 1. The van der Waals surface area contributed by atoms with E-state index in [1.54, 1.807) is 20.8 Å². The molecule has 0 bridgehead atoms. The Morgan fingerprint density at radius 1 is 1.06 bits per heavy atom. The Kier molecular flexibility index (Phi) is 11.6. The van der Waals surface area contributed by atoms with E-state index in [1.807, 2.05) is 32.9 Å². The quantitative estimate of drug-likeness (QED) is 0.223. The summed E-state index contributed by atoms with van der Waals surface area (Å²) in [5.41, 5.74) is 3.76. The van der Waals surface area contributed by atoms with Crippen LogP contribution in [0, 0.1) is 12.8 Å². The van der Waals surface area contributed by atoms with Gasteiger partial charge in [0, 0.05) is 24.5 Å². The van der Waals surface area contributed by atoms with E-state index < -0.39 is 17.3 Å². The van der Waals surface area contributed by atoms with Crippen LogP contribution in [0.2, 0.25) is 0 Å². The second-order valence-electron chi connectivity index (χ2n) is 8.86. The average Bonchev–Trinajstić information content (AvgIpc) is 2.85. The van der Waals surface area contributed by atoms with Gasteiger partial charge < -0.3 is 10.1 Å². The first-order valence-corrected chi connectivity index (χ1v) is 11.6. The summed E-state index contributed by atoms with van der Waals surface area (Å²) in [6.07, 6.45) is 5.23. The molecule has 0 spiro atoms. The van der Waals surface area contributed by atoms with Crippen molar-refractivity contribution < 1.29 is 22.7 Å². The molecular weight excluding hydrogens is 465 g/mol. The van der Waals surface area contributed by atoms with E-state index in [-0.39, 0.29) is 0 Å². The van der Waals surface area contributed by atoms with Gasteiger partial charge in [-0.15, -0.1) is 12.8 Å². The Hall–Kier alpha value is -3.37. The number of hydrogen-bond donors (Lipinski definition) is 1. The van der Waals surface area contributed by atoms with Crippen molar-refractivity contribution in [2.24, 2.45) is 4.99 Å². The van der Waals surface area contributed by atoms with Crippen LogP contribution < -0.4 is 10.1 Å². The molecule has 0 amide bonds. The fourth-order valence-electron chi connectivity index (χ4n) is 3.26. The molecule has 1 N–H and O–H groups in total. The lowest BCUT2D eigenvalue weighted by molar-refractivity contribution is -0.137. The second kappa shape index (κ2) is 13.6. The van der Waals surface area contributed by atoms with Crippen LogP contribution in [0.1, 0.15) is 63.8 Å². The monoisotopic (exact) mass is 500 g/mol. The third-order valence-corrected chi connectivity index (χ3v) is 5.46. The summed E-state index contributed by atoms with van der Waals surface area (Å²) in [5.74, 6) is 0.711. The number of aldehydes is 1. The van der Waals surface area contributed by atoms with E-state index in [2.05, 4.69) is 29.2 Å². The first-order chi connectivity index (χ1) is 16.9. The van der Waals surface area contributed by atoms with Gasteiger partial charge in [0.1, 0.15) is 5.75 Å². The summed E-state index contributed by atoms with van der Waals surface area (Å²) in [6, 6.07) is 11.0. The standard InChI is InChI=1S/C27H33F3N2O2.C2H2/c1-7-22-14-21(8-13-25(22)34-26(5,6)17-33)16-31-15-18(2)19(3)32-20(4)23-9-11-24(12-10-23)27(28,29)30;1-2/h8-14,17,31H,7,15-16H2,1-6H3;1-2H/b19-18+,32-20?;. The van der Waals surface area contributed by atoms with Gasteiger partial charge in [-0.05, 0) is 81.5 Å². The van der Waals surface area contributed by atoms with Gasteiger partial charge in [0.05, 0.1) is 5.56 Å². The normalized spacial score (nSPS) is 12.8. The summed E-state index contributed by atoms with van der Waals surface area (Å²) in [6.45, 7) is 12.4. The number of carbonyl (C=O) groups excluding carboxylic acids is 1. The smallest absolute Gasteiger partial charge is 0.416 e. The number of aliphatic imine (C=N–C) groups is 1. The predicted octanol–water partition coefficient (Wildman–Crippen LogP) is 6.77. The molecule has 0 saturated heterocycles. The zero-order valence-electron chi connectivity index (χ0n) is 21.8. The molecule has 0 atom stereocenters. The average molecular weight is 501 g/mol. The summed E-state index contributed by atoms with van der Waals surface area (Å²) in [5, 5.41) is 3.40. The molecule has 2 rings (SSSR count). The Balaban J connectivity index is 0.00000316. The molecule has 0 aliphatic rings. The van der Waals surface area contributed by atoms with Crippen molar-refractivity contribution in [1.29, 1.82) is 0 Å². The van der Waals surface area contributed by atoms with Gasteiger partial charge in [-0.1, -0.05) is 31.2 Å². The number of hydrogen-bond acceptors (Lipinski definition) is 4. The highest BCUT2D eigenvalue weighted by Gasteiger charge is 2.30. The number of alkyl halides is 3. The SMILES string of the molecule is C#C.CCc1cc(CNC/C(C)=C(\C)N=C(C)c2ccc(C(F)(F)F)cc2)ccc1OC(C)(C)C=O. The molecule has 2 aromatic carbocycles. The summed E-state index contributed by atoms with van der Waals surface area (Å²) < 4.78 is 44.1. The van der Waals surface area contributed by atoms with Crippen molar-refractivity contribution in [3.05, 3.63) is 76.0 Å². The number of carbonyl (C=O) groups is 1. The van der Waals surface area contributed by atoms with Crippen molar-refractivity contribution in [2.75, 3.05) is 6.54 Å². The third-order valence-electron chi connectivity index (χ3n) is 5.46. The van der Waals surface area contributed by atoms with Crippen LogP contribution in [0.25, 0.3) is 0 Å². The number of benzene rings is 2. The number of nitrogens with zero attached hydrogens (tertiary/aromatic N) is 1. The van der Waals surface area contributed by atoms with Crippen LogP contribution in [0.15, 0.2) is 58.7 Å². The van der Waals surface area contributed by atoms with E-state index in [0.717, 1.165) is 47.2 Å². The number of rotatable bonds is 10. The van der Waals surface area contributed by atoms with Gasteiger partial charge in [-0.2, -0.15) is 13.2 Å². The molecule has 0 unspecified atom stereocenters. The van der Waals surface area contributed by atoms with Gasteiger partial charge >= 0.3 is 6.18 Å². The molecule has 0 fully saturated rings. The highest BCUT2D eigenvalue weighted by molar-refractivity contribution is 5.99. The minimum absolute atomic E-state index is 0.619. The Labute approximate surface area is 212 Å². The number of halogens is 3. The number of nitrogens with one attached hydrogen (secondary N) is 1. The predicted molar refractivity (Wildman–Crippen MR) is 140 cm³/mol. The summed E-state index contributed by atoms with van der Waals surface area (Å²) in [7, 11) is 0. The van der Waals surface area contributed by atoms with E-state index in [4.69, 9.17) is 4.74 Å². The van der Waals surface area contributed by atoms with Crippen molar-refractivity contribution in [2.45, 2.75) is 66.3 Å². The minimum atomic E-state index is -4.35. The Bertz CT molecular complexity index is 1100. The number of allylic oxidation sites excluding steroid dienone is 1. The van der Waals surface area contributed by atoms with Crippen molar-refractivity contribution >= 4 is 12.0 Å². The number of terminal acetylenes is 1. The van der Waals surface area contributed by atoms with Crippen LogP contribution in [-0.2, 0) is 23.9 Å².